The molecule has 2 aromatic carbocycles. The van der Waals surface area contributed by atoms with E-state index in [4.69, 9.17) is 5.11 Å². The third kappa shape index (κ3) is 4.39. The molecule has 0 amide bonds. The summed E-state index contributed by atoms with van der Waals surface area (Å²) in [4.78, 5) is 2.18. The van der Waals surface area contributed by atoms with Gasteiger partial charge in [0.2, 0.25) is 0 Å². The van der Waals surface area contributed by atoms with Gasteiger partial charge in [-0.25, -0.2) is 0 Å². The van der Waals surface area contributed by atoms with Gasteiger partial charge in [-0.2, -0.15) is 0 Å². The summed E-state index contributed by atoms with van der Waals surface area (Å²) < 4.78 is 0. The van der Waals surface area contributed by atoms with E-state index in [9.17, 15) is 5.11 Å². The van der Waals surface area contributed by atoms with E-state index in [2.05, 4.69) is 17.0 Å². The summed E-state index contributed by atoms with van der Waals surface area (Å²) in [5.74, 6) is 0.278. The summed E-state index contributed by atoms with van der Waals surface area (Å²) in [6, 6.07) is 17.4. The fourth-order valence-corrected chi connectivity index (χ4v) is 2.06. The van der Waals surface area contributed by atoms with E-state index in [1.165, 1.54) is 5.56 Å². The highest BCUT2D eigenvalue weighted by atomic mass is 16.3. The van der Waals surface area contributed by atoms with Crippen molar-refractivity contribution in [2.24, 2.45) is 0 Å². The Hall–Kier alpha value is -1.84. The smallest absolute Gasteiger partial charge is 0.115 e. The zero-order valence-corrected chi connectivity index (χ0v) is 10.9. The lowest BCUT2D eigenvalue weighted by molar-refractivity contribution is 0.184. The standard InChI is InChI=1S/C16H19NO2/c18-11-10-17(12-14-4-2-1-3-5-14)13-15-6-8-16(19)9-7-15/h1-9,18-19H,10-13H2. The van der Waals surface area contributed by atoms with Crippen LogP contribution in [-0.4, -0.2) is 28.3 Å². The van der Waals surface area contributed by atoms with Crippen LogP contribution >= 0.6 is 0 Å². The Morgan fingerprint density at radius 1 is 0.789 bits per heavy atom. The van der Waals surface area contributed by atoms with Crippen molar-refractivity contribution in [3.05, 3.63) is 65.7 Å². The molecule has 2 rings (SSSR count). The number of aliphatic hydroxyl groups is 1. The molecule has 2 N–H and O–H groups in total. The highest BCUT2D eigenvalue weighted by molar-refractivity contribution is 5.26. The van der Waals surface area contributed by atoms with Crippen molar-refractivity contribution >= 4 is 0 Å². The normalized spacial score (nSPS) is 10.8. The lowest BCUT2D eigenvalue weighted by Crippen LogP contribution is -2.26. The number of aliphatic hydroxyl groups excluding tert-OH is 1. The number of phenols is 1. The van der Waals surface area contributed by atoms with Gasteiger partial charge < -0.3 is 10.2 Å². The third-order valence-electron chi connectivity index (χ3n) is 3.01. The predicted octanol–water partition coefficient (Wildman–Crippen LogP) is 2.39. The first kappa shape index (κ1) is 13.6. The molecule has 0 unspecified atom stereocenters. The van der Waals surface area contributed by atoms with Crippen molar-refractivity contribution in [3.63, 3.8) is 0 Å². The first-order valence-electron chi connectivity index (χ1n) is 6.43. The number of phenolic OH excluding ortho intramolecular Hbond substituents is 1. The maximum Gasteiger partial charge on any atom is 0.115 e. The van der Waals surface area contributed by atoms with E-state index < -0.39 is 0 Å². The van der Waals surface area contributed by atoms with Gasteiger partial charge in [0.1, 0.15) is 5.75 Å². The second kappa shape index (κ2) is 6.92. The SMILES string of the molecule is OCCN(Cc1ccccc1)Cc1ccc(O)cc1. The van der Waals surface area contributed by atoms with Gasteiger partial charge in [-0.1, -0.05) is 42.5 Å². The molecule has 100 valence electrons. The minimum Gasteiger partial charge on any atom is -0.508 e. The number of hydrogen-bond donors (Lipinski definition) is 2. The Morgan fingerprint density at radius 2 is 1.37 bits per heavy atom. The van der Waals surface area contributed by atoms with Gasteiger partial charge in [-0.3, -0.25) is 4.90 Å². The number of rotatable bonds is 6. The lowest BCUT2D eigenvalue weighted by Gasteiger charge is -2.21. The molecule has 0 radical (unpaired) electrons. The molecule has 19 heavy (non-hydrogen) atoms. The van der Waals surface area contributed by atoms with Crippen molar-refractivity contribution in [2.45, 2.75) is 13.1 Å². The van der Waals surface area contributed by atoms with Crippen LogP contribution in [0.25, 0.3) is 0 Å². The van der Waals surface area contributed by atoms with Gasteiger partial charge in [-0.05, 0) is 23.3 Å². The van der Waals surface area contributed by atoms with E-state index in [1.807, 2.05) is 30.3 Å². The van der Waals surface area contributed by atoms with Gasteiger partial charge in [0.25, 0.3) is 0 Å². The molecule has 0 aromatic heterocycles. The van der Waals surface area contributed by atoms with Crippen molar-refractivity contribution < 1.29 is 10.2 Å². The number of nitrogens with zero attached hydrogens (tertiary/aromatic N) is 1. The van der Waals surface area contributed by atoms with Gasteiger partial charge in [0.15, 0.2) is 0 Å². The molecular weight excluding hydrogens is 238 g/mol. The Kier molecular flexibility index (Phi) is 4.95. The summed E-state index contributed by atoms with van der Waals surface area (Å²) in [5, 5.41) is 18.4. The molecule has 0 saturated carbocycles. The van der Waals surface area contributed by atoms with Crippen LogP contribution in [0.4, 0.5) is 0 Å². The van der Waals surface area contributed by atoms with Crippen LogP contribution in [0.3, 0.4) is 0 Å². The zero-order valence-electron chi connectivity index (χ0n) is 10.9. The van der Waals surface area contributed by atoms with E-state index in [0.29, 0.717) is 6.54 Å². The third-order valence-corrected chi connectivity index (χ3v) is 3.01. The molecule has 3 nitrogen and oxygen atoms in total. The molecule has 0 saturated heterocycles. The second-order valence-corrected chi connectivity index (χ2v) is 4.59. The largest absolute Gasteiger partial charge is 0.508 e. The van der Waals surface area contributed by atoms with Crippen LogP contribution < -0.4 is 0 Å². The maximum absolute atomic E-state index is 9.28. The minimum atomic E-state index is 0.144. The minimum absolute atomic E-state index is 0.144. The van der Waals surface area contributed by atoms with Gasteiger partial charge in [0.05, 0.1) is 6.61 Å². The molecular formula is C16H19NO2. The van der Waals surface area contributed by atoms with Crippen molar-refractivity contribution in [2.75, 3.05) is 13.2 Å². The zero-order chi connectivity index (χ0) is 13.5. The van der Waals surface area contributed by atoms with E-state index >= 15 is 0 Å². The van der Waals surface area contributed by atoms with Gasteiger partial charge in [-0.15, -0.1) is 0 Å². The topological polar surface area (TPSA) is 43.7 Å². The monoisotopic (exact) mass is 257 g/mol. The molecule has 0 aliphatic heterocycles. The van der Waals surface area contributed by atoms with Crippen LogP contribution in [0.15, 0.2) is 54.6 Å². The molecule has 0 spiro atoms. The van der Waals surface area contributed by atoms with Crippen molar-refractivity contribution in [1.29, 1.82) is 0 Å². The van der Waals surface area contributed by atoms with E-state index in [-0.39, 0.29) is 12.4 Å². The summed E-state index contributed by atoms with van der Waals surface area (Å²) in [6.45, 7) is 2.35. The highest BCUT2D eigenvalue weighted by Gasteiger charge is 2.06. The fourth-order valence-electron chi connectivity index (χ4n) is 2.06. The number of benzene rings is 2. The van der Waals surface area contributed by atoms with Crippen LogP contribution in [0.2, 0.25) is 0 Å². The average molecular weight is 257 g/mol. The molecule has 0 bridgehead atoms. The van der Waals surface area contributed by atoms with Crippen LogP contribution in [0.1, 0.15) is 11.1 Å². The fraction of sp³-hybridized carbons (Fsp3) is 0.250. The molecule has 0 aliphatic carbocycles. The Labute approximate surface area is 113 Å². The summed E-state index contributed by atoms with van der Waals surface area (Å²) in [6.07, 6.45) is 0. The lowest BCUT2D eigenvalue weighted by atomic mass is 10.1. The number of aromatic hydroxyl groups is 1. The Bertz CT molecular complexity index is 482. The van der Waals surface area contributed by atoms with E-state index in [0.717, 1.165) is 18.7 Å². The van der Waals surface area contributed by atoms with Gasteiger partial charge in [0, 0.05) is 19.6 Å². The van der Waals surface area contributed by atoms with Crippen molar-refractivity contribution in [3.8, 4) is 5.75 Å². The Morgan fingerprint density at radius 3 is 1.95 bits per heavy atom. The molecule has 0 heterocycles. The maximum atomic E-state index is 9.28. The second-order valence-electron chi connectivity index (χ2n) is 4.59. The van der Waals surface area contributed by atoms with Crippen LogP contribution in [0, 0.1) is 0 Å². The first-order valence-corrected chi connectivity index (χ1v) is 6.43. The molecule has 0 atom stereocenters. The summed E-state index contributed by atoms with van der Waals surface area (Å²) >= 11 is 0. The summed E-state index contributed by atoms with van der Waals surface area (Å²) in [5.41, 5.74) is 2.36. The Balaban J connectivity index is 2.01. The highest BCUT2D eigenvalue weighted by Crippen LogP contribution is 2.13. The van der Waals surface area contributed by atoms with Gasteiger partial charge >= 0.3 is 0 Å². The van der Waals surface area contributed by atoms with E-state index in [1.54, 1.807) is 12.1 Å². The first-order chi connectivity index (χ1) is 9.28. The van der Waals surface area contributed by atoms with Crippen molar-refractivity contribution in [1.82, 2.24) is 4.90 Å². The molecule has 0 fully saturated rings. The number of hydrogen-bond acceptors (Lipinski definition) is 3. The quantitative estimate of drug-likeness (QED) is 0.835. The predicted molar refractivity (Wildman–Crippen MR) is 75.7 cm³/mol. The van der Waals surface area contributed by atoms with Crippen LogP contribution in [-0.2, 0) is 13.1 Å². The van der Waals surface area contributed by atoms with Crippen LogP contribution in [0.5, 0.6) is 5.75 Å². The molecule has 2 aromatic rings. The summed E-state index contributed by atoms with van der Waals surface area (Å²) in [7, 11) is 0. The molecule has 0 aliphatic rings. The molecule has 3 heteroatoms. The average Bonchev–Trinajstić information content (AvgIpc) is 2.43.